The van der Waals surface area contributed by atoms with Gasteiger partial charge in [-0.3, -0.25) is 4.40 Å². The third-order valence-corrected chi connectivity index (χ3v) is 7.35. The summed E-state index contributed by atoms with van der Waals surface area (Å²) in [5.41, 5.74) is 0.0702. The summed E-state index contributed by atoms with van der Waals surface area (Å²) in [4.78, 5) is 4.31. The average molecular weight is 541 g/mol. The molecule has 0 bridgehead atoms. The lowest BCUT2D eigenvalue weighted by Gasteiger charge is -2.07. The van der Waals surface area contributed by atoms with E-state index in [-0.39, 0.29) is 33.5 Å². The van der Waals surface area contributed by atoms with Gasteiger partial charge in [0, 0.05) is 28.0 Å². The minimum Gasteiger partial charge on any atom is -0.282 e. The van der Waals surface area contributed by atoms with E-state index in [1.807, 2.05) is 0 Å². The first kappa shape index (κ1) is 23.5. The van der Waals surface area contributed by atoms with Crippen LogP contribution >= 0.6 is 23.2 Å². The molecule has 1 aromatic carbocycles. The van der Waals surface area contributed by atoms with Gasteiger partial charge in [-0.15, -0.1) is 10.2 Å². The van der Waals surface area contributed by atoms with Crippen molar-refractivity contribution in [1.82, 2.24) is 29.2 Å². The van der Waals surface area contributed by atoms with Gasteiger partial charge >= 0.3 is 6.18 Å². The maximum atomic E-state index is 13.2. The third kappa shape index (κ3) is 4.01. The summed E-state index contributed by atoms with van der Waals surface area (Å²) in [5, 5.41) is 12.5. The van der Waals surface area contributed by atoms with Crippen molar-refractivity contribution in [2.24, 2.45) is 0 Å². The number of nitrogens with zero attached hydrogens (tertiary/aromatic N) is 6. The first-order valence-electron chi connectivity index (χ1n) is 9.99. The third-order valence-electron chi connectivity index (χ3n) is 5.28. The van der Waals surface area contributed by atoms with E-state index in [9.17, 15) is 21.6 Å². The predicted octanol–water partition coefficient (Wildman–Crippen LogP) is 5.23. The number of hydrogen-bond donors (Lipinski definition) is 0. The van der Waals surface area contributed by atoms with Crippen molar-refractivity contribution in [3.05, 3.63) is 64.4 Å². The number of benzene rings is 1. The number of sulfone groups is 1. The van der Waals surface area contributed by atoms with Crippen LogP contribution in [0.15, 0.2) is 53.8 Å². The first-order chi connectivity index (χ1) is 16.5. The van der Waals surface area contributed by atoms with Gasteiger partial charge in [0.2, 0.25) is 0 Å². The highest BCUT2D eigenvalue weighted by atomic mass is 35.5. The Morgan fingerprint density at radius 2 is 1.74 bits per heavy atom. The molecule has 0 radical (unpaired) electrons. The maximum absolute atomic E-state index is 13.2. The van der Waals surface area contributed by atoms with Crippen LogP contribution in [0.5, 0.6) is 0 Å². The fraction of sp³-hybridized carbons (Fsp3) is 0.143. The van der Waals surface area contributed by atoms with Gasteiger partial charge in [0.25, 0.3) is 0 Å². The molecule has 8 nitrogen and oxygen atoms in total. The molecule has 0 aliphatic carbocycles. The number of fused-ring (bicyclic) bond motifs is 2. The van der Waals surface area contributed by atoms with Crippen molar-refractivity contribution in [1.29, 1.82) is 0 Å². The molecule has 0 atom stereocenters. The quantitative estimate of drug-likeness (QED) is 0.310. The molecular formula is C21H13Cl2F3N6O2S. The topological polar surface area (TPSA) is 94.5 Å². The van der Waals surface area contributed by atoms with Crippen LogP contribution in [-0.4, -0.2) is 43.4 Å². The monoisotopic (exact) mass is 540 g/mol. The fourth-order valence-corrected chi connectivity index (χ4v) is 5.13. The number of halogens is 5. The highest BCUT2D eigenvalue weighted by Gasteiger charge is 2.33. The van der Waals surface area contributed by atoms with E-state index < -0.39 is 21.6 Å². The van der Waals surface area contributed by atoms with Gasteiger partial charge in [-0.1, -0.05) is 30.1 Å². The second-order valence-corrected chi connectivity index (χ2v) is 10.5. The van der Waals surface area contributed by atoms with E-state index in [1.54, 1.807) is 24.3 Å². The largest absolute Gasteiger partial charge is 0.416 e. The van der Waals surface area contributed by atoms with Gasteiger partial charge in [-0.2, -0.15) is 18.3 Å². The zero-order chi connectivity index (χ0) is 25.1. The van der Waals surface area contributed by atoms with Crippen molar-refractivity contribution in [2.75, 3.05) is 5.75 Å². The highest BCUT2D eigenvalue weighted by molar-refractivity contribution is 7.91. The second-order valence-electron chi connectivity index (χ2n) is 7.47. The molecule has 35 heavy (non-hydrogen) atoms. The van der Waals surface area contributed by atoms with Gasteiger partial charge in [-0.25, -0.2) is 17.9 Å². The van der Waals surface area contributed by atoms with Gasteiger partial charge < -0.3 is 0 Å². The van der Waals surface area contributed by atoms with Gasteiger partial charge in [0.15, 0.2) is 32.0 Å². The van der Waals surface area contributed by atoms with E-state index in [4.69, 9.17) is 23.2 Å². The Balaban J connectivity index is 1.84. The zero-order valence-electron chi connectivity index (χ0n) is 17.6. The number of rotatable bonds is 4. The number of alkyl halides is 3. The normalized spacial score (nSPS) is 12.6. The summed E-state index contributed by atoms with van der Waals surface area (Å²) >= 11 is 12.3. The molecule has 0 saturated heterocycles. The summed E-state index contributed by atoms with van der Waals surface area (Å²) < 4.78 is 68.1. The van der Waals surface area contributed by atoms with Crippen LogP contribution in [-0.2, 0) is 16.0 Å². The second kappa shape index (κ2) is 8.18. The molecular weight excluding hydrogens is 528 g/mol. The molecule has 4 heterocycles. The molecule has 0 spiro atoms. The Kier molecular flexibility index (Phi) is 5.49. The van der Waals surface area contributed by atoms with Crippen LogP contribution in [0.1, 0.15) is 12.5 Å². The van der Waals surface area contributed by atoms with Crippen LogP contribution in [0.2, 0.25) is 10.0 Å². The van der Waals surface area contributed by atoms with Crippen molar-refractivity contribution >= 4 is 44.3 Å². The highest BCUT2D eigenvalue weighted by Crippen LogP contribution is 2.35. The summed E-state index contributed by atoms with van der Waals surface area (Å²) in [7, 11) is -3.92. The minimum absolute atomic E-state index is 0.00841. The van der Waals surface area contributed by atoms with Gasteiger partial charge in [0.1, 0.15) is 5.56 Å². The zero-order valence-corrected chi connectivity index (χ0v) is 20.0. The van der Waals surface area contributed by atoms with Crippen molar-refractivity contribution in [3.63, 3.8) is 0 Å². The van der Waals surface area contributed by atoms with Crippen LogP contribution in [0.3, 0.4) is 0 Å². The molecule has 0 fully saturated rings. The van der Waals surface area contributed by atoms with Gasteiger partial charge in [0.05, 0.1) is 17.0 Å². The molecule has 0 aliphatic heterocycles. The Labute approximate surface area is 205 Å². The summed E-state index contributed by atoms with van der Waals surface area (Å²) in [6, 6.07) is 8.08. The Hall–Kier alpha value is -3.22. The number of hydrogen-bond acceptors (Lipinski definition) is 6. The summed E-state index contributed by atoms with van der Waals surface area (Å²) in [5.74, 6) is -0.304. The lowest BCUT2D eigenvalue weighted by atomic mass is 10.1. The lowest BCUT2D eigenvalue weighted by Crippen LogP contribution is -2.07. The smallest absolute Gasteiger partial charge is 0.282 e. The standard InChI is InChI=1S/C21H13Cl2F3N6O2S/c1-2-35(33,34)20-17(19-29-28-16-9-12(21(24,25)26)4-6-31(16)19)18-27-5-3-15(32(18)30-20)11-7-13(22)10-14(23)8-11/h3-10H,2H2,1H3. The Bertz CT molecular complexity index is 1710. The SMILES string of the molecule is CCS(=O)(=O)c1nn2c(-c3cc(Cl)cc(Cl)c3)ccnc2c1-c1nnc2cc(C(F)(F)F)ccn12. The molecule has 4 aromatic heterocycles. The van der Waals surface area contributed by atoms with E-state index >= 15 is 0 Å². The van der Waals surface area contributed by atoms with Crippen molar-refractivity contribution in [3.8, 4) is 22.6 Å². The van der Waals surface area contributed by atoms with E-state index in [1.165, 1.54) is 22.0 Å². The van der Waals surface area contributed by atoms with Gasteiger partial charge in [-0.05, 0) is 36.4 Å². The van der Waals surface area contributed by atoms with Crippen LogP contribution in [0, 0.1) is 0 Å². The van der Waals surface area contributed by atoms with E-state index in [0.29, 0.717) is 21.3 Å². The minimum atomic E-state index is -4.58. The molecule has 5 aromatic rings. The van der Waals surface area contributed by atoms with Crippen molar-refractivity contribution in [2.45, 2.75) is 18.1 Å². The van der Waals surface area contributed by atoms with Crippen molar-refractivity contribution < 1.29 is 21.6 Å². The number of aromatic nitrogens is 6. The Morgan fingerprint density at radius 1 is 1.03 bits per heavy atom. The van der Waals surface area contributed by atoms with Crippen LogP contribution < -0.4 is 0 Å². The van der Waals surface area contributed by atoms with E-state index in [0.717, 1.165) is 18.3 Å². The summed E-state index contributed by atoms with van der Waals surface area (Å²) in [6.07, 6.45) is -2.01. The fourth-order valence-electron chi connectivity index (χ4n) is 3.63. The predicted molar refractivity (Wildman–Crippen MR) is 123 cm³/mol. The molecule has 0 saturated carbocycles. The molecule has 0 amide bonds. The first-order valence-corrected chi connectivity index (χ1v) is 12.4. The molecule has 5 rings (SSSR count). The maximum Gasteiger partial charge on any atom is 0.416 e. The molecule has 0 N–H and O–H groups in total. The van der Waals surface area contributed by atoms with Crippen LogP contribution in [0.4, 0.5) is 13.2 Å². The lowest BCUT2D eigenvalue weighted by molar-refractivity contribution is -0.137. The number of pyridine rings is 1. The average Bonchev–Trinajstić information content (AvgIpc) is 3.38. The molecule has 180 valence electrons. The summed E-state index contributed by atoms with van der Waals surface area (Å²) in [6.45, 7) is 1.45. The molecule has 0 unspecified atom stereocenters. The molecule has 0 aliphatic rings. The molecule has 14 heteroatoms. The van der Waals surface area contributed by atoms with Crippen LogP contribution in [0.25, 0.3) is 33.9 Å². The Morgan fingerprint density at radius 3 is 2.40 bits per heavy atom. The van der Waals surface area contributed by atoms with E-state index in [2.05, 4.69) is 20.3 Å².